The van der Waals surface area contributed by atoms with Gasteiger partial charge in [0.2, 0.25) is 0 Å². The topological polar surface area (TPSA) is 6.48 Å². The van der Waals surface area contributed by atoms with Crippen molar-refractivity contribution in [2.24, 2.45) is 0 Å². The number of para-hydroxylation sites is 1. The van der Waals surface area contributed by atoms with Crippen molar-refractivity contribution >= 4 is 67.9 Å². The molecule has 0 saturated carbocycles. The summed E-state index contributed by atoms with van der Waals surface area (Å²) in [6, 6.07) is 33.1. The Balaban J connectivity index is 1.54. The van der Waals surface area contributed by atoms with E-state index in [4.69, 9.17) is 0 Å². The second-order valence-corrected chi connectivity index (χ2v) is 21.3. The van der Waals surface area contributed by atoms with Crippen molar-refractivity contribution in [1.82, 2.24) is 0 Å². The summed E-state index contributed by atoms with van der Waals surface area (Å²) in [6.07, 6.45) is 2.39. The summed E-state index contributed by atoms with van der Waals surface area (Å²) in [6.45, 7) is 31.2. The number of anilines is 6. The van der Waals surface area contributed by atoms with Crippen LogP contribution in [-0.2, 0) is 27.1 Å². The van der Waals surface area contributed by atoms with Crippen LogP contribution >= 0.6 is 11.3 Å². The van der Waals surface area contributed by atoms with Crippen molar-refractivity contribution < 1.29 is 0 Å². The largest absolute Gasteiger partial charge is 0.311 e. The summed E-state index contributed by atoms with van der Waals surface area (Å²) in [5.41, 5.74) is 16.6. The molecule has 2 aliphatic heterocycles. The zero-order chi connectivity index (χ0) is 37.3. The first-order valence-electron chi connectivity index (χ1n) is 19.4. The quantitative estimate of drug-likeness (QED) is 0.165. The number of rotatable bonds is 2. The van der Waals surface area contributed by atoms with Crippen LogP contribution in [0.4, 0.5) is 34.1 Å². The Morgan fingerprint density at radius 1 is 0.558 bits per heavy atom. The van der Waals surface area contributed by atoms with Gasteiger partial charge >= 0.3 is 0 Å². The molecule has 4 aromatic carbocycles. The molecule has 1 aliphatic carbocycles. The summed E-state index contributed by atoms with van der Waals surface area (Å²) in [4.78, 5) is 6.85. The van der Waals surface area contributed by atoms with Gasteiger partial charge in [-0.2, -0.15) is 11.3 Å². The zero-order valence-corrected chi connectivity index (χ0v) is 34.7. The first-order chi connectivity index (χ1) is 24.2. The lowest BCUT2D eigenvalue weighted by atomic mass is 9.35. The molecule has 0 N–H and O–H groups in total. The maximum Gasteiger partial charge on any atom is 0.264 e. The van der Waals surface area contributed by atoms with Gasteiger partial charge < -0.3 is 9.80 Å². The van der Waals surface area contributed by atoms with Crippen molar-refractivity contribution in [2.45, 2.75) is 130 Å². The molecular formula is C48H57BN2S. The Bertz CT molecular complexity index is 2200. The summed E-state index contributed by atoms with van der Waals surface area (Å²) in [5.74, 6) is 0. The van der Waals surface area contributed by atoms with Crippen molar-refractivity contribution in [3.63, 3.8) is 0 Å². The summed E-state index contributed by atoms with van der Waals surface area (Å²) in [7, 11) is 0. The van der Waals surface area contributed by atoms with E-state index >= 15 is 0 Å². The molecule has 2 nitrogen and oxygen atoms in total. The van der Waals surface area contributed by atoms with Gasteiger partial charge in [-0.1, -0.05) is 132 Å². The van der Waals surface area contributed by atoms with Crippen molar-refractivity contribution in [2.75, 3.05) is 9.80 Å². The van der Waals surface area contributed by atoms with E-state index in [0.717, 1.165) is 0 Å². The average molecular weight is 705 g/mol. The van der Waals surface area contributed by atoms with Crippen LogP contribution in [0, 0.1) is 0 Å². The number of hydrogen-bond acceptors (Lipinski definition) is 3. The van der Waals surface area contributed by atoms with Gasteiger partial charge in [-0.15, -0.1) is 0 Å². The zero-order valence-electron chi connectivity index (χ0n) is 33.9. The minimum Gasteiger partial charge on any atom is -0.311 e. The van der Waals surface area contributed by atoms with Crippen LogP contribution < -0.4 is 25.5 Å². The Morgan fingerprint density at radius 2 is 1.10 bits per heavy atom. The van der Waals surface area contributed by atoms with Crippen LogP contribution in [0.3, 0.4) is 0 Å². The smallest absolute Gasteiger partial charge is 0.264 e. The lowest BCUT2D eigenvalue weighted by molar-refractivity contribution is 0.339. The molecule has 0 unspecified atom stereocenters. The highest BCUT2D eigenvalue weighted by Crippen LogP contribution is 2.56. The van der Waals surface area contributed by atoms with E-state index in [1.165, 1.54) is 79.4 Å². The first-order valence-corrected chi connectivity index (χ1v) is 20.3. The molecule has 1 aromatic heterocycles. The molecule has 8 rings (SSSR count). The predicted octanol–water partition coefficient (Wildman–Crippen LogP) is 12.1. The average Bonchev–Trinajstić information content (AvgIpc) is 3.48. The van der Waals surface area contributed by atoms with Crippen LogP contribution in [0.1, 0.15) is 130 Å². The summed E-state index contributed by atoms with van der Waals surface area (Å²) in [5, 5.41) is 0. The lowest BCUT2D eigenvalue weighted by Gasteiger charge is -2.46. The molecule has 5 aromatic rings. The van der Waals surface area contributed by atoms with Crippen LogP contribution in [0.15, 0.2) is 84.9 Å². The third-order valence-electron chi connectivity index (χ3n) is 12.3. The number of hydrogen-bond donors (Lipinski definition) is 0. The maximum absolute atomic E-state index is 2.68. The Hall–Kier alpha value is -3.76. The molecular weight excluding hydrogens is 647 g/mol. The number of nitrogens with zero attached hydrogens (tertiary/aromatic N) is 2. The van der Waals surface area contributed by atoms with E-state index in [1.54, 1.807) is 10.4 Å². The number of thiophene rings is 1. The monoisotopic (exact) mass is 704 g/mol. The van der Waals surface area contributed by atoms with E-state index in [0.29, 0.717) is 0 Å². The van der Waals surface area contributed by atoms with E-state index < -0.39 is 0 Å². The molecule has 0 spiro atoms. The van der Waals surface area contributed by atoms with Crippen LogP contribution in [0.2, 0.25) is 0 Å². The molecule has 3 aliphatic rings. The van der Waals surface area contributed by atoms with Gasteiger partial charge in [-0.3, -0.25) is 0 Å². The summed E-state index contributed by atoms with van der Waals surface area (Å²) < 4.78 is 1.50. The van der Waals surface area contributed by atoms with Crippen LogP contribution in [0.5, 0.6) is 0 Å². The molecule has 268 valence electrons. The standard InChI is InChI=1S/C48H57BN2S/c1-44(2,3)30-19-22-34(23-20-30)50-36-24-21-31(45(4,5)6)27-35(36)49-40-37(50)28-32(46(7,8)9)29-38(40)51(33-17-15-14-16-18-33)41-39-42(52-43(41)49)48(12,13)26-25-47(39,10)11/h14-24,27-29H,25-26H2,1-13H3. The van der Waals surface area contributed by atoms with Crippen molar-refractivity contribution in [1.29, 1.82) is 0 Å². The second kappa shape index (κ2) is 11.4. The van der Waals surface area contributed by atoms with Crippen LogP contribution in [0.25, 0.3) is 0 Å². The minimum atomic E-state index is -0.0445. The third-order valence-corrected chi connectivity index (χ3v) is 13.9. The van der Waals surface area contributed by atoms with Gasteiger partial charge in [0.1, 0.15) is 0 Å². The van der Waals surface area contributed by atoms with E-state index in [9.17, 15) is 0 Å². The SMILES string of the molecule is CC(C)(C)c1ccc(N2c3ccc(C(C)(C)C)cc3B3c4sc5c(c4N(c4ccccc4)c4cc(C(C)(C)C)cc2c43)C(C)(C)CCC5(C)C)cc1. The Morgan fingerprint density at radius 3 is 1.69 bits per heavy atom. The van der Waals surface area contributed by atoms with Gasteiger partial charge in [0, 0.05) is 38.1 Å². The molecule has 0 atom stereocenters. The van der Waals surface area contributed by atoms with E-state index in [1.807, 2.05) is 0 Å². The molecule has 52 heavy (non-hydrogen) atoms. The van der Waals surface area contributed by atoms with Gasteiger partial charge in [0.05, 0.1) is 5.69 Å². The maximum atomic E-state index is 2.68. The Kier molecular flexibility index (Phi) is 7.72. The lowest BCUT2D eigenvalue weighted by Crippen LogP contribution is -2.61. The molecule has 0 radical (unpaired) electrons. The highest BCUT2D eigenvalue weighted by molar-refractivity contribution is 7.29. The van der Waals surface area contributed by atoms with Gasteiger partial charge in [-0.25, -0.2) is 0 Å². The van der Waals surface area contributed by atoms with E-state index in [-0.39, 0.29) is 33.8 Å². The van der Waals surface area contributed by atoms with Gasteiger partial charge in [0.15, 0.2) is 0 Å². The fourth-order valence-corrected chi connectivity index (χ4v) is 10.6. The molecule has 0 amide bonds. The second-order valence-electron chi connectivity index (χ2n) is 20.2. The highest BCUT2D eigenvalue weighted by atomic mass is 32.1. The summed E-state index contributed by atoms with van der Waals surface area (Å²) >= 11 is 2.11. The first kappa shape index (κ1) is 35.3. The minimum absolute atomic E-state index is 0.0274. The highest BCUT2D eigenvalue weighted by Gasteiger charge is 2.51. The van der Waals surface area contributed by atoms with Crippen molar-refractivity contribution in [3.05, 3.63) is 112 Å². The fraction of sp³-hybridized carbons (Fsp3) is 0.417. The fourth-order valence-electron chi connectivity index (χ4n) is 8.92. The molecule has 0 bridgehead atoms. The normalized spacial score (nSPS) is 17.4. The molecule has 0 saturated heterocycles. The van der Waals surface area contributed by atoms with Crippen LogP contribution in [-0.4, -0.2) is 6.71 Å². The van der Waals surface area contributed by atoms with E-state index in [2.05, 4.69) is 196 Å². The molecule has 0 fully saturated rings. The number of fused-ring (bicyclic) bond motifs is 6. The third kappa shape index (κ3) is 5.41. The van der Waals surface area contributed by atoms with Crippen molar-refractivity contribution in [3.8, 4) is 0 Å². The van der Waals surface area contributed by atoms with Gasteiger partial charge in [-0.05, 0) is 116 Å². The van der Waals surface area contributed by atoms with Gasteiger partial charge in [0.25, 0.3) is 6.71 Å². The Labute approximate surface area is 318 Å². The predicted molar refractivity (Wildman–Crippen MR) is 230 cm³/mol. The molecule has 4 heteroatoms. The molecule has 3 heterocycles. The number of benzene rings is 4.